The number of nitrogens with zero attached hydrogens (tertiary/aromatic N) is 1. The zero-order valence-electron chi connectivity index (χ0n) is 18.9. The number of methoxy groups -OCH3 is 2. The quantitative estimate of drug-likeness (QED) is 0.537. The van der Waals surface area contributed by atoms with Gasteiger partial charge in [-0.2, -0.15) is 0 Å². The molecular formula is C24H26N2O6S. The lowest BCUT2D eigenvalue weighted by molar-refractivity contribution is -0.127. The van der Waals surface area contributed by atoms with Crippen LogP contribution >= 0.6 is 11.8 Å². The molecule has 8 nitrogen and oxygen atoms in total. The molecule has 0 bridgehead atoms. The Morgan fingerprint density at radius 1 is 1.09 bits per heavy atom. The Morgan fingerprint density at radius 3 is 2.45 bits per heavy atom. The van der Waals surface area contributed by atoms with Gasteiger partial charge >= 0.3 is 0 Å². The van der Waals surface area contributed by atoms with Gasteiger partial charge in [-0.05, 0) is 73.1 Å². The molecule has 0 saturated carbocycles. The first-order valence-corrected chi connectivity index (χ1v) is 11.2. The van der Waals surface area contributed by atoms with Gasteiger partial charge in [-0.25, -0.2) is 0 Å². The first-order chi connectivity index (χ1) is 15.8. The normalized spacial score (nSPS) is 15.5. The number of rotatable bonds is 9. The molecular weight excluding hydrogens is 444 g/mol. The second-order valence-corrected chi connectivity index (χ2v) is 8.28. The molecule has 9 heteroatoms. The van der Waals surface area contributed by atoms with Crippen LogP contribution in [0.2, 0.25) is 0 Å². The Labute approximate surface area is 196 Å². The zero-order chi connectivity index (χ0) is 24.0. The summed E-state index contributed by atoms with van der Waals surface area (Å²) in [5.74, 6) is 0.792. The first kappa shape index (κ1) is 24.2. The van der Waals surface area contributed by atoms with Crippen LogP contribution in [0.15, 0.2) is 47.4 Å². The monoisotopic (exact) mass is 470 g/mol. The van der Waals surface area contributed by atoms with Crippen LogP contribution < -0.4 is 19.5 Å². The third-order valence-corrected chi connectivity index (χ3v) is 5.84. The van der Waals surface area contributed by atoms with E-state index in [0.29, 0.717) is 28.5 Å². The average Bonchev–Trinajstić information content (AvgIpc) is 3.07. The number of imide groups is 1. The van der Waals surface area contributed by atoms with Crippen LogP contribution in [-0.2, 0) is 9.59 Å². The molecule has 1 fully saturated rings. The summed E-state index contributed by atoms with van der Waals surface area (Å²) in [5.41, 5.74) is 1.21. The molecule has 1 N–H and O–H groups in total. The molecule has 1 heterocycles. The molecule has 1 aliphatic rings. The van der Waals surface area contributed by atoms with E-state index in [2.05, 4.69) is 5.32 Å². The van der Waals surface area contributed by atoms with Gasteiger partial charge < -0.3 is 19.5 Å². The van der Waals surface area contributed by atoms with E-state index in [1.165, 1.54) is 7.11 Å². The molecule has 0 spiro atoms. The van der Waals surface area contributed by atoms with Crippen LogP contribution in [0.25, 0.3) is 6.08 Å². The predicted octanol–water partition coefficient (Wildman–Crippen LogP) is 4.56. The number of amides is 3. The number of benzene rings is 2. The molecule has 174 valence electrons. The highest BCUT2D eigenvalue weighted by atomic mass is 32.2. The minimum absolute atomic E-state index is 0.0327. The Balaban J connectivity index is 1.69. The highest BCUT2D eigenvalue weighted by Crippen LogP contribution is 2.35. The summed E-state index contributed by atoms with van der Waals surface area (Å²) in [6.07, 6.45) is 2.48. The highest BCUT2D eigenvalue weighted by Gasteiger charge is 2.36. The molecule has 0 unspecified atom stereocenters. The van der Waals surface area contributed by atoms with Crippen molar-refractivity contribution in [2.24, 2.45) is 0 Å². The van der Waals surface area contributed by atoms with Crippen molar-refractivity contribution in [3.05, 3.63) is 52.9 Å². The second kappa shape index (κ2) is 10.9. The fourth-order valence-electron chi connectivity index (χ4n) is 2.98. The lowest BCUT2D eigenvalue weighted by Crippen LogP contribution is -2.36. The molecule has 2 aromatic carbocycles. The number of anilines is 1. The summed E-state index contributed by atoms with van der Waals surface area (Å²) in [6, 6.07) is 12.0. The Bertz CT molecular complexity index is 1070. The van der Waals surface area contributed by atoms with E-state index in [9.17, 15) is 14.4 Å². The molecule has 0 aromatic heterocycles. The summed E-state index contributed by atoms with van der Waals surface area (Å²) in [7, 11) is 3.09. The van der Waals surface area contributed by atoms with E-state index < -0.39 is 17.1 Å². The number of nitrogens with one attached hydrogen (secondary N) is 1. The SMILES string of the molecule is CC[C@@H](C)Oc1ccc(/C=C2\SC(=O)N(CC(=O)Nc3ccc(OC)cc3)C2=O)cc1OC. The average molecular weight is 471 g/mol. The number of hydrogen-bond donors (Lipinski definition) is 1. The number of thioether (sulfide) groups is 1. The van der Waals surface area contributed by atoms with E-state index in [-0.39, 0.29) is 17.6 Å². The zero-order valence-corrected chi connectivity index (χ0v) is 19.7. The maximum Gasteiger partial charge on any atom is 0.294 e. The predicted molar refractivity (Wildman–Crippen MR) is 128 cm³/mol. The van der Waals surface area contributed by atoms with E-state index in [1.807, 2.05) is 13.8 Å². The minimum Gasteiger partial charge on any atom is -0.497 e. The fraction of sp³-hybridized carbons (Fsp3) is 0.292. The number of carbonyl (C=O) groups excluding carboxylic acids is 3. The number of carbonyl (C=O) groups is 3. The fourth-order valence-corrected chi connectivity index (χ4v) is 3.82. The molecule has 2 aromatic rings. The molecule has 0 radical (unpaired) electrons. The van der Waals surface area contributed by atoms with Crippen molar-refractivity contribution in [2.45, 2.75) is 26.4 Å². The van der Waals surface area contributed by atoms with Crippen LogP contribution in [0.5, 0.6) is 17.2 Å². The summed E-state index contributed by atoms with van der Waals surface area (Å²) in [5, 5.41) is 2.17. The van der Waals surface area contributed by atoms with Gasteiger partial charge in [0.1, 0.15) is 12.3 Å². The van der Waals surface area contributed by atoms with Gasteiger partial charge in [0.2, 0.25) is 5.91 Å². The van der Waals surface area contributed by atoms with E-state index in [0.717, 1.165) is 23.1 Å². The second-order valence-electron chi connectivity index (χ2n) is 7.29. The van der Waals surface area contributed by atoms with Crippen LogP contribution in [0.4, 0.5) is 10.5 Å². The third-order valence-electron chi connectivity index (χ3n) is 4.94. The molecule has 1 saturated heterocycles. The summed E-state index contributed by atoms with van der Waals surface area (Å²) in [6.45, 7) is 3.62. The van der Waals surface area contributed by atoms with Gasteiger partial charge in [0, 0.05) is 5.69 Å². The molecule has 33 heavy (non-hydrogen) atoms. The van der Waals surface area contributed by atoms with Crippen LogP contribution in [-0.4, -0.2) is 48.8 Å². The molecule has 1 atom stereocenters. The molecule has 3 amide bonds. The van der Waals surface area contributed by atoms with Crippen molar-refractivity contribution in [3.8, 4) is 17.2 Å². The Morgan fingerprint density at radius 2 is 1.82 bits per heavy atom. The molecule has 1 aliphatic heterocycles. The van der Waals surface area contributed by atoms with Crippen molar-refractivity contribution in [2.75, 3.05) is 26.1 Å². The summed E-state index contributed by atoms with van der Waals surface area (Å²) >= 11 is 0.792. The third kappa shape index (κ3) is 6.07. The maximum atomic E-state index is 12.8. The maximum absolute atomic E-state index is 12.8. The smallest absolute Gasteiger partial charge is 0.294 e. The largest absolute Gasteiger partial charge is 0.497 e. The summed E-state index contributed by atoms with van der Waals surface area (Å²) in [4.78, 5) is 38.7. The van der Waals surface area contributed by atoms with Crippen molar-refractivity contribution in [1.29, 1.82) is 0 Å². The van der Waals surface area contributed by atoms with Gasteiger partial charge in [0.05, 0.1) is 25.2 Å². The van der Waals surface area contributed by atoms with Crippen molar-refractivity contribution >= 4 is 40.6 Å². The van der Waals surface area contributed by atoms with Crippen LogP contribution in [0, 0.1) is 0 Å². The van der Waals surface area contributed by atoms with Crippen LogP contribution in [0.1, 0.15) is 25.8 Å². The lowest BCUT2D eigenvalue weighted by Gasteiger charge is -2.15. The van der Waals surface area contributed by atoms with Gasteiger partial charge in [-0.15, -0.1) is 0 Å². The topological polar surface area (TPSA) is 94.2 Å². The molecule has 3 rings (SSSR count). The van der Waals surface area contributed by atoms with Gasteiger partial charge in [-0.3, -0.25) is 19.3 Å². The Hall–Kier alpha value is -3.46. The van der Waals surface area contributed by atoms with Gasteiger partial charge in [-0.1, -0.05) is 13.0 Å². The van der Waals surface area contributed by atoms with Gasteiger partial charge in [0.15, 0.2) is 11.5 Å². The lowest BCUT2D eigenvalue weighted by atomic mass is 10.1. The standard InChI is InChI=1S/C24H26N2O6S/c1-5-15(2)32-19-11-6-16(12-20(19)31-4)13-21-23(28)26(24(29)33-21)14-22(27)25-17-7-9-18(30-3)10-8-17/h6-13,15H,5,14H2,1-4H3,(H,25,27)/b21-13-/t15-/m1/s1. The van der Waals surface area contributed by atoms with Crippen LogP contribution in [0.3, 0.4) is 0 Å². The van der Waals surface area contributed by atoms with E-state index >= 15 is 0 Å². The first-order valence-electron chi connectivity index (χ1n) is 10.4. The number of ether oxygens (including phenoxy) is 3. The van der Waals surface area contributed by atoms with Gasteiger partial charge in [0.25, 0.3) is 11.1 Å². The van der Waals surface area contributed by atoms with Crippen molar-refractivity contribution in [1.82, 2.24) is 4.90 Å². The van der Waals surface area contributed by atoms with E-state index in [4.69, 9.17) is 14.2 Å². The number of hydrogen-bond acceptors (Lipinski definition) is 7. The van der Waals surface area contributed by atoms with E-state index in [1.54, 1.807) is 55.7 Å². The Kier molecular flexibility index (Phi) is 8.00. The van der Waals surface area contributed by atoms with Crippen molar-refractivity contribution < 1.29 is 28.6 Å². The minimum atomic E-state index is -0.520. The molecule has 0 aliphatic carbocycles. The van der Waals surface area contributed by atoms with Crippen molar-refractivity contribution in [3.63, 3.8) is 0 Å². The summed E-state index contributed by atoms with van der Waals surface area (Å²) < 4.78 is 16.3. The highest BCUT2D eigenvalue weighted by molar-refractivity contribution is 8.18.